The molecule has 1 N–H and O–H groups in total. The molecule has 0 radical (unpaired) electrons. The molecule has 0 aromatic heterocycles. The minimum Gasteiger partial charge on any atom is -0.478 e. The summed E-state index contributed by atoms with van der Waals surface area (Å²) in [6.45, 7) is 0.485. The van der Waals surface area contributed by atoms with Crippen molar-refractivity contribution in [3.05, 3.63) is 24.3 Å². The van der Waals surface area contributed by atoms with Crippen LogP contribution in [0.2, 0.25) is 0 Å². The summed E-state index contributed by atoms with van der Waals surface area (Å²) in [5.74, 6) is 0.702. The van der Waals surface area contributed by atoms with Crippen LogP contribution in [-0.2, 0) is 10.0 Å². The Kier molecular flexibility index (Phi) is 4.14. The van der Waals surface area contributed by atoms with Crippen LogP contribution in [0.15, 0.2) is 24.3 Å². The zero-order valence-corrected chi connectivity index (χ0v) is 10.4. The van der Waals surface area contributed by atoms with E-state index in [1.54, 1.807) is 24.3 Å². The molecule has 0 aliphatic heterocycles. The third kappa shape index (κ3) is 4.99. The van der Waals surface area contributed by atoms with Gasteiger partial charge in [-0.1, -0.05) is 0 Å². The molecule has 0 spiro atoms. The van der Waals surface area contributed by atoms with Gasteiger partial charge in [-0.25, -0.2) is 8.42 Å². The van der Waals surface area contributed by atoms with Crippen LogP contribution in [-0.4, -0.2) is 40.4 Å². The van der Waals surface area contributed by atoms with E-state index in [2.05, 4.69) is 4.72 Å². The Labute approximate surface area is 96.1 Å². The summed E-state index contributed by atoms with van der Waals surface area (Å²) in [7, 11) is 0.590. The number of nitrogens with zero attached hydrogens (tertiary/aromatic N) is 1. The van der Waals surface area contributed by atoms with E-state index in [0.717, 1.165) is 6.26 Å². The molecule has 0 unspecified atom stereocenters. The van der Waals surface area contributed by atoms with Crippen LogP contribution in [0, 0.1) is 0 Å². The predicted octanol–water partition coefficient (Wildman–Crippen LogP) is 0.956. The molecule has 0 aliphatic rings. The van der Waals surface area contributed by atoms with Crippen LogP contribution >= 0.6 is 0 Å². The average Bonchev–Trinajstić information content (AvgIpc) is 2.14. The number of anilines is 1. The molecule has 0 aliphatic carbocycles. The van der Waals surface area contributed by atoms with Crippen LogP contribution in [0.5, 0.6) is 5.75 Å². The highest BCUT2D eigenvalue weighted by Gasteiger charge is 2.01. The number of ether oxygens (including phenoxy) is 1. The topological polar surface area (TPSA) is 58.6 Å². The number of rotatable bonds is 5. The van der Waals surface area contributed by atoms with Gasteiger partial charge in [0.1, 0.15) is 12.5 Å². The lowest BCUT2D eigenvalue weighted by atomic mass is 10.3. The van der Waals surface area contributed by atoms with Crippen LogP contribution in [0.3, 0.4) is 0 Å². The van der Waals surface area contributed by atoms with Crippen molar-refractivity contribution in [3.63, 3.8) is 0 Å². The van der Waals surface area contributed by atoms with E-state index >= 15 is 0 Å². The molecule has 0 saturated heterocycles. The molecule has 0 fully saturated rings. The van der Waals surface area contributed by atoms with Gasteiger partial charge in [-0.3, -0.25) is 9.62 Å². The lowest BCUT2D eigenvalue weighted by molar-refractivity contribution is 0.179. The first-order valence-corrected chi connectivity index (χ1v) is 6.61. The summed E-state index contributed by atoms with van der Waals surface area (Å²) in [5, 5.41) is 0. The molecule has 6 heteroatoms. The van der Waals surface area contributed by atoms with E-state index < -0.39 is 10.0 Å². The smallest absolute Gasteiger partial charge is 0.229 e. The SMILES string of the molecule is CN(C)COc1ccc(NS(C)(=O)=O)cc1. The number of nitrogens with one attached hydrogen (secondary N) is 1. The zero-order chi connectivity index (χ0) is 12.2. The number of sulfonamides is 1. The normalized spacial score (nSPS) is 11.5. The molecule has 0 amide bonds. The van der Waals surface area contributed by atoms with Gasteiger partial charge in [0.15, 0.2) is 0 Å². The summed E-state index contributed by atoms with van der Waals surface area (Å²) in [4.78, 5) is 1.89. The van der Waals surface area contributed by atoms with Crippen molar-refractivity contribution in [2.24, 2.45) is 0 Å². The molecule has 0 bridgehead atoms. The quantitative estimate of drug-likeness (QED) is 0.784. The molecular weight excluding hydrogens is 228 g/mol. The van der Waals surface area contributed by atoms with Gasteiger partial charge in [0, 0.05) is 5.69 Å². The Bertz CT molecular complexity index is 426. The van der Waals surface area contributed by atoms with Crippen molar-refractivity contribution in [3.8, 4) is 5.75 Å². The number of benzene rings is 1. The van der Waals surface area contributed by atoms with Crippen molar-refractivity contribution in [2.75, 3.05) is 31.8 Å². The highest BCUT2D eigenvalue weighted by molar-refractivity contribution is 7.92. The Balaban J connectivity index is 2.61. The third-order valence-corrected chi connectivity index (χ3v) is 2.25. The lowest BCUT2D eigenvalue weighted by Crippen LogP contribution is -2.18. The second-order valence-electron chi connectivity index (χ2n) is 3.75. The fourth-order valence-electron chi connectivity index (χ4n) is 1.04. The first kappa shape index (κ1) is 12.8. The molecule has 5 nitrogen and oxygen atoms in total. The fraction of sp³-hybridized carbons (Fsp3) is 0.400. The summed E-state index contributed by atoms with van der Waals surface area (Å²) in [5.41, 5.74) is 0.528. The predicted molar refractivity (Wildman–Crippen MR) is 64.1 cm³/mol. The highest BCUT2D eigenvalue weighted by atomic mass is 32.2. The summed E-state index contributed by atoms with van der Waals surface area (Å²) < 4.78 is 29.7. The first-order chi connectivity index (χ1) is 7.37. The second kappa shape index (κ2) is 5.18. The van der Waals surface area contributed by atoms with E-state index in [9.17, 15) is 8.42 Å². The number of hydrogen-bond acceptors (Lipinski definition) is 4. The minimum absolute atomic E-state index is 0.485. The molecular formula is C10H16N2O3S. The van der Waals surface area contributed by atoms with Gasteiger partial charge in [-0.15, -0.1) is 0 Å². The average molecular weight is 244 g/mol. The molecule has 1 aromatic carbocycles. The van der Waals surface area contributed by atoms with E-state index in [0.29, 0.717) is 18.2 Å². The molecule has 1 aromatic rings. The van der Waals surface area contributed by atoms with Gasteiger partial charge in [0.2, 0.25) is 10.0 Å². The molecule has 0 saturated carbocycles. The lowest BCUT2D eigenvalue weighted by Gasteiger charge is -2.12. The van der Waals surface area contributed by atoms with Crippen LogP contribution in [0.25, 0.3) is 0 Å². The van der Waals surface area contributed by atoms with Gasteiger partial charge in [0.05, 0.1) is 6.26 Å². The van der Waals surface area contributed by atoms with E-state index in [1.165, 1.54) is 0 Å². The number of hydrogen-bond donors (Lipinski definition) is 1. The van der Waals surface area contributed by atoms with Gasteiger partial charge >= 0.3 is 0 Å². The van der Waals surface area contributed by atoms with Crippen molar-refractivity contribution in [1.82, 2.24) is 4.90 Å². The largest absolute Gasteiger partial charge is 0.478 e. The molecule has 0 atom stereocenters. The highest BCUT2D eigenvalue weighted by Crippen LogP contribution is 2.16. The monoisotopic (exact) mass is 244 g/mol. The van der Waals surface area contributed by atoms with Crippen molar-refractivity contribution < 1.29 is 13.2 Å². The van der Waals surface area contributed by atoms with Gasteiger partial charge in [-0.2, -0.15) is 0 Å². The van der Waals surface area contributed by atoms with Crippen molar-refractivity contribution in [2.45, 2.75) is 0 Å². The van der Waals surface area contributed by atoms with Crippen LogP contribution < -0.4 is 9.46 Å². The molecule has 16 heavy (non-hydrogen) atoms. The molecule has 90 valence electrons. The van der Waals surface area contributed by atoms with Crippen molar-refractivity contribution in [1.29, 1.82) is 0 Å². The van der Waals surface area contributed by atoms with Gasteiger partial charge in [0.25, 0.3) is 0 Å². The maximum atomic E-state index is 11.0. The van der Waals surface area contributed by atoms with E-state index in [4.69, 9.17) is 4.74 Å². The Morgan fingerprint density at radius 1 is 1.25 bits per heavy atom. The standard InChI is InChI=1S/C10H16N2O3S/c1-12(2)8-15-10-6-4-9(5-7-10)11-16(3,13)14/h4-7,11H,8H2,1-3H3. The van der Waals surface area contributed by atoms with Crippen molar-refractivity contribution >= 4 is 15.7 Å². The Hall–Kier alpha value is -1.27. The Morgan fingerprint density at radius 3 is 2.25 bits per heavy atom. The summed E-state index contributed by atoms with van der Waals surface area (Å²) >= 11 is 0. The molecule has 1 rings (SSSR count). The Morgan fingerprint density at radius 2 is 1.81 bits per heavy atom. The van der Waals surface area contributed by atoms with Gasteiger partial charge < -0.3 is 4.74 Å². The third-order valence-electron chi connectivity index (χ3n) is 1.65. The van der Waals surface area contributed by atoms with Crippen LogP contribution in [0.4, 0.5) is 5.69 Å². The van der Waals surface area contributed by atoms with E-state index in [-0.39, 0.29) is 0 Å². The van der Waals surface area contributed by atoms with Crippen LogP contribution in [0.1, 0.15) is 0 Å². The summed E-state index contributed by atoms with van der Waals surface area (Å²) in [6.07, 6.45) is 1.11. The second-order valence-corrected chi connectivity index (χ2v) is 5.50. The summed E-state index contributed by atoms with van der Waals surface area (Å²) in [6, 6.07) is 6.76. The van der Waals surface area contributed by atoms with Gasteiger partial charge in [-0.05, 0) is 38.4 Å². The zero-order valence-electron chi connectivity index (χ0n) is 9.60. The maximum absolute atomic E-state index is 11.0. The molecule has 0 heterocycles. The maximum Gasteiger partial charge on any atom is 0.229 e. The van der Waals surface area contributed by atoms with E-state index in [1.807, 2.05) is 19.0 Å². The first-order valence-electron chi connectivity index (χ1n) is 4.72. The minimum atomic E-state index is -3.21. The fourth-order valence-corrected chi connectivity index (χ4v) is 1.60.